The summed E-state index contributed by atoms with van der Waals surface area (Å²) < 4.78 is 96.5. The second-order valence-corrected chi connectivity index (χ2v) is 7.17. The molecule has 2 rings (SSSR count). The molecule has 0 spiro atoms. The second kappa shape index (κ2) is 7.75. The predicted octanol–water partition coefficient (Wildman–Crippen LogP) is 3.87. The van der Waals surface area contributed by atoms with E-state index in [2.05, 4.69) is 0 Å². The normalized spacial score (nSPS) is 12.0. The predicted molar refractivity (Wildman–Crippen MR) is 85.4 cm³/mol. The molecule has 0 bridgehead atoms. The summed E-state index contributed by atoms with van der Waals surface area (Å²) in [5.41, 5.74) is -1.30. The molecule has 0 saturated heterocycles. The zero-order valence-corrected chi connectivity index (χ0v) is 14.4. The number of methoxy groups -OCH3 is 1. The fourth-order valence-electron chi connectivity index (χ4n) is 2.09. The van der Waals surface area contributed by atoms with Crippen molar-refractivity contribution in [3.05, 3.63) is 69.4 Å². The maximum atomic E-state index is 13.7. The minimum Gasteiger partial charge on any atom is -0.497 e. The van der Waals surface area contributed by atoms with Gasteiger partial charge in [0.25, 0.3) is 0 Å². The minimum absolute atomic E-state index is 0.120. The van der Waals surface area contributed by atoms with Crippen LogP contribution in [-0.2, 0) is 15.6 Å². The fraction of sp³-hybridized carbons (Fsp3) is 0.118. The Bertz CT molecular complexity index is 1030. The van der Waals surface area contributed by atoms with Gasteiger partial charge in [0.1, 0.15) is 16.7 Å². The first-order valence-corrected chi connectivity index (χ1v) is 8.76. The van der Waals surface area contributed by atoms with Gasteiger partial charge in [-0.1, -0.05) is 12.1 Å². The summed E-state index contributed by atoms with van der Waals surface area (Å²) in [5, 5.41) is 9.03. The smallest absolute Gasteiger partial charge is 0.200 e. The molecule has 0 aromatic heterocycles. The zero-order chi connectivity index (χ0) is 20.4. The Kier molecular flexibility index (Phi) is 5.85. The molecule has 0 N–H and O–H groups in total. The van der Waals surface area contributed by atoms with Gasteiger partial charge in [-0.3, -0.25) is 0 Å². The largest absolute Gasteiger partial charge is 0.497 e. The van der Waals surface area contributed by atoms with Crippen LogP contribution in [-0.4, -0.2) is 15.5 Å². The molecule has 0 radical (unpaired) electrons. The van der Waals surface area contributed by atoms with Gasteiger partial charge in [-0.25, -0.2) is 30.4 Å². The molecule has 0 aliphatic carbocycles. The van der Waals surface area contributed by atoms with Crippen molar-refractivity contribution in [1.82, 2.24) is 0 Å². The number of allylic oxidation sites excluding steroid dienone is 1. The lowest BCUT2D eigenvalue weighted by atomic mass is 10.1. The van der Waals surface area contributed by atoms with E-state index in [1.54, 1.807) is 0 Å². The molecule has 2 aromatic carbocycles. The molecule has 0 amide bonds. The molecular weight excluding hydrogens is 393 g/mol. The zero-order valence-electron chi connectivity index (χ0n) is 13.6. The van der Waals surface area contributed by atoms with Crippen LogP contribution in [0.5, 0.6) is 5.75 Å². The molecule has 2 aromatic rings. The molecular formula is C17H10F5NO3S. The van der Waals surface area contributed by atoms with Gasteiger partial charge in [0.2, 0.25) is 5.82 Å². The lowest BCUT2D eigenvalue weighted by Gasteiger charge is -2.07. The standard InChI is InChI=1S/C17H10F5NO3S/c1-26-10-4-2-9(3-5-10)8-27(24,25)11(7-23)6-12-13(18)15(20)17(22)16(21)14(12)19/h2-6H,8H2,1H3. The second-order valence-electron chi connectivity index (χ2n) is 5.21. The van der Waals surface area contributed by atoms with Crippen molar-refractivity contribution in [2.45, 2.75) is 5.75 Å². The third-order valence-corrected chi connectivity index (χ3v) is 5.07. The lowest BCUT2D eigenvalue weighted by Crippen LogP contribution is -2.09. The number of nitrogens with zero attached hydrogens (tertiary/aromatic N) is 1. The molecule has 4 nitrogen and oxygen atoms in total. The average molecular weight is 403 g/mol. The molecule has 142 valence electrons. The Morgan fingerprint density at radius 2 is 1.48 bits per heavy atom. The lowest BCUT2D eigenvalue weighted by molar-refractivity contribution is 0.377. The van der Waals surface area contributed by atoms with Gasteiger partial charge in [-0.05, 0) is 23.8 Å². The highest BCUT2D eigenvalue weighted by Gasteiger charge is 2.27. The maximum Gasteiger partial charge on any atom is 0.200 e. The topological polar surface area (TPSA) is 67.2 Å². The number of rotatable bonds is 5. The Hall–Kier alpha value is -2.93. The summed E-state index contributed by atoms with van der Waals surface area (Å²) in [5.74, 6) is -11.6. The van der Waals surface area contributed by atoms with Crippen molar-refractivity contribution in [2.75, 3.05) is 7.11 Å². The number of hydrogen-bond donors (Lipinski definition) is 0. The maximum absolute atomic E-state index is 13.7. The summed E-state index contributed by atoms with van der Waals surface area (Å²) in [7, 11) is -3.03. The molecule has 0 aliphatic rings. The van der Waals surface area contributed by atoms with Gasteiger partial charge in [-0.2, -0.15) is 5.26 Å². The third-order valence-electron chi connectivity index (χ3n) is 3.48. The van der Waals surface area contributed by atoms with Crippen LogP contribution in [0.15, 0.2) is 29.2 Å². The van der Waals surface area contributed by atoms with E-state index in [4.69, 9.17) is 10.00 Å². The Morgan fingerprint density at radius 3 is 1.93 bits per heavy atom. The van der Waals surface area contributed by atoms with Crippen molar-refractivity contribution < 1.29 is 35.1 Å². The minimum atomic E-state index is -4.43. The first-order chi connectivity index (χ1) is 12.6. The number of halogens is 5. The third kappa shape index (κ3) is 4.09. The van der Waals surface area contributed by atoms with Crippen molar-refractivity contribution in [2.24, 2.45) is 0 Å². The highest BCUT2D eigenvalue weighted by atomic mass is 32.2. The fourth-order valence-corrected chi connectivity index (χ4v) is 3.31. The van der Waals surface area contributed by atoms with Crippen LogP contribution in [0.4, 0.5) is 22.0 Å². The first-order valence-electron chi connectivity index (χ1n) is 7.11. The van der Waals surface area contributed by atoms with Crippen molar-refractivity contribution in [3.63, 3.8) is 0 Å². The van der Waals surface area contributed by atoms with Gasteiger partial charge >= 0.3 is 0 Å². The van der Waals surface area contributed by atoms with E-state index < -0.39 is 55.1 Å². The molecule has 0 heterocycles. The summed E-state index contributed by atoms with van der Waals surface area (Å²) in [6, 6.07) is 6.87. The number of benzene rings is 2. The molecule has 0 saturated carbocycles. The summed E-state index contributed by atoms with van der Waals surface area (Å²) >= 11 is 0. The van der Waals surface area contributed by atoms with E-state index in [9.17, 15) is 30.4 Å². The van der Waals surface area contributed by atoms with Crippen LogP contribution >= 0.6 is 0 Å². The van der Waals surface area contributed by atoms with E-state index in [1.165, 1.54) is 37.4 Å². The van der Waals surface area contributed by atoms with E-state index in [0.717, 1.165) is 0 Å². The number of nitriles is 1. The quantitative estimate of drug-likeness (QED) is 0.329. The van der Waals surface area contributed by atoms with E-state index in [0.29, 0.717) is 5.75 Å². The number of hydrogen-bond acceptors (Lipinski definition) is 4. The molecule has 0 aliphatic heterocycles. The highest BCUT2D eigenvalue weighted by Crippen LogP contribution is 2.27. The van der Waals surface area contributed by atoms with E-state index in [-0.39, 0.29) is 11.6 Å². The van der Waals surface area contributed by atoms with Crippen molar-refractivity contribution in [3.8, 4) is 11.8 Å². The van der Waals surface area contributed by atoms with Crippen LogP contribution in [0, 0.1) is 40.4 Å². The number of sulfone groups is 1. The highest BCUT2D eigenvalue weighted by molar-refractivity contribution is 7.95. The van der Waals surface area contributed by atoms with Gasteiger partial charge in [0.15, 0.2) is 33.1 Å². The van der Waals surface area contributed by atoms with E-state index >= 15 is 0 Å². The first kappa shape index (κ1) is 20.4. The molecule has 27 heavy (non-hydrogen) atoms. The van der Waals surface area contributed by atoms with E-state index in [1.807, 2.05) is 0 Å². The Labute approximate surface area is 151 Å². The molecule has 10 heteroatoms. The Morgan fingerprint density at radius 1 is 1.00 bits per heavy atom. The van der Waals surface area contributed by atoms with Gasteiger partial charge in [0, 0.05) is 0 Å². The van der Waals surface area contributed by atoms with Crippen LogP contribution in [0.1, 0.15) is 11.1 Å². The van der Waals surface area contributed by atoms with Crippen molar-refractivity contribution in [1.29, 1.82) is 5.26 Å². The van der Waals surface area contributed by atoms with Gasteiger partial charge < -0.3 is 4.74 Å². The van der Waals surface area contributed by atoms with Crippen LogP contribution in [0.25, 0.3) is 6.08 Å². The summed E-state index contributed by atoms with van der Waals surface area (Å²) in [6.45, 7) is 0. The van der Waals surface area contributed by atoms with Crippen molar-refractivity contribution >= 4 is 15.9 Å². The molecule has 0 atom stereocenters. The monoisotopic (exact) mass is 403 g/mol. The molecule has 0 unspecified atom stereocenters. The van der Waals surface area contributed by atoms with Crippen LogP contribution < -0.4 is 4.74 Å². The summed E-state index contributed by atoms with van der Waals surface area (Å²) in [4.78, 5) is -1.15. The average Bonchev–Trinajstić information content (AvgIpc) is 2.65. The van der Waals surface area contributed by atoms with Gasteiger partial charge in [0.05, 0.1) is 18.4 Å². The Balaban J connectivity index is 2.51. The summed E-state index contributed by atoms with van der Waals surface area (Å²) in [6.07, 6.45) is 0.120. The number of ether oxygens (including phenoxy) is 1. The van der Waals surface area contributed by atoms with Gasteiger partial charge in [-0.15, -0.1) is 0 Å². The van der Waals surface area contributed by atoms with Crippen LogP contribution in [0.3, 0.4) is 0 Å². The SMILES string of the molecule is COc1ccc(CS(=O)(=O)C(C#N)=Cc2c(F)c(F)c(F)c(F)c2F)cc1. The van der Waals surface area contributed by atoms with Crippen LogP contribution in [0.2, 0.25) is 0 Å². The molecule has 0 fully saturated rings.